The zero-order valence-corrected chi connectivity index (χ0v) is 15.2. The number of nitrogens with one attached hydrogen (secondary N) is 3. The third kappa shape index (κ3) is 5.41. The van der Waals surface area contributed by atoms with E-state index in [0.717, 1.165) is 12.8 Å². The summed E-state index contributed by atoms with van der Waals surface area (Å²) in [6.07, 6.45) is 2.11. The van der Waals surface area contributed by atoms with Crippen LogP contribution < -0.4 is 16.0 Å². The Kier molecular flexibility index (Phi) is 5.86. The molecule has 6 nitrogen and oxygen atoms in total. The van der Waals surface area contributed by atoms with Crippen molar-refractivity contribution in [3.8, 4) is 0 Å². The molecule has 27 heavy (non-hydrogen) atoms. The fourth-order valence-corrected chi connectivity index (χ4v) is 2.71. The SMILES string of the molecule is CC(CC(=O)Nc1ccccc1C(=O)NC1CC1)NC(=O)c1ccccc1. The Labute approximate surface area is 158 Å². The van der Waals surface area contributed by atoms with Crippen molar-refractivity contribution in [3.63, 3.8) is 0 Å². The first-order valence-corrected chi connectivity index (χ1v) is 9.08. The molecule has 3 rings (SSSR count). The molecule has 0 aromatic heterocycles. The Balaban J connectivity index is 1.56. The molecule has 2 aromatic rings. The summed E-state index contributed by atoms with van der Waals surface area (Å²) in [6.45, 7) is 1.77. The minimum absolute atomic E-state index is 0.108. The Bertz CT molecular complexity index is 832. The van der Waals surface area contributed by atoms with Gasteiger partial charge in [-0.25, -0.2) is 0 Å². The molecule has 1 unspecified atom stereocenters. The Morgan fingerprint density at radius 2 is 1.63 bits per heavy atom. The maximum atomic E-state index is 12.4. The van der Waals surface area contributed by atoms with Gasteiger partial charge in [-0.05, 0) is 44.0 Å². The lowest BCUT2D eigenvalue weighted by Gasteiger charge is -2.15. The molecule has 3 amide bonds. The largest absolute Gasteiger partial charge is 0.349 e. The van der Waals surface area contributed by atoms with Crippen LogP contribution in [0.2, 0.25) is 0 Å². The minimum Gasteiger partial charge on any atom is -0.349 e. The number of rotatable bonds is 7. The predicted octanol–water partition coefficient (Wildman–Crippen LogP) is 2.73. The molecule has 1 aliphatic carbocycles. The number of benzene rings is 2. The normalized spacial score (nSPS) is 14.1. The molecule has 1 aliphatic rings. The number of carbonyl (C=O) groups is 3. The Hall–Kier alpha value is -3.15. The molecule has 0 bridgehead atoms. The lowest BCUT2D eigenvalue weighted by atomic mass is 10.1. The maximum Gasteiger partial charge on any atom is 0.253 e. The van der Waals surface area contributed by atoms with Crippen molar-refractivity contribution in [2.45, 2.75) is 38.3 Å². The average Bonchev–Trinajstić information content (AvgIpc) is 3.46. The lowest BCUT2D eigenvalue weighted by Crippen LogP contribution is -2.35. The second-order valence-electron chi connectivity index (χ2n) is 6.79. The van der Waals surface area contributed by atoms with Gasteiger partial charge in [0.1, 0.15) is 0 Å². The van der Waals surface area contributed by atoms with Gasteiger partial charge in [-0.2, -0.15) is 0 Å². The molecule has 0 saturated heterocycles. The summed E-state index contributed by atoms with van der Waals surface area (Å²) in [7, 11) is 0. The van der Waals surface area contributed by atoms with Crippen LogP contribution in [0.25, 0.3) is 0 Å². The second-order valence-corrected chi connectivity index (χ2v) is 6.79. The predicted molar refractivity (Wildman–Crippen MR) is 104 cm³/mol. The molecule has 140 valence electrons. The van der Waals surface area contributed by atoms with E-state index >= 15 is 0 Å². The molecule has 0 spiro atoms. The highest BCUT2D eigenvalue weighted by molar-refractivity contribution is 6.04. The summed E-state index contributed by atoms with van der Waals surface area (Å²) in [4.78, 5) is 36.8. The van der Waals surface area contributed by atoms with E-state index in [4.69, 9.17) is 0 Å². The fraction of sp³-hybridized carbons (Fsp3) is 0.286. The molecule has 0 aliphatic heterocycles. The van der Waals surface area contributed by atoms with E-state index in [-0.39, 0.29) is 36.2 Å². The van der Waals surface area contributed by atoms with Gasteiger partial charge < -0.3 is 16.0 Å². The smallest absolute Gasteiger partial charge is 0.253 e. The van der Waals surface area contributed by atoms with Crippen molar-refractivity contribution in [1.82, 2.24) is 10.6 Å². The van der Waals surface area contributed by atoms with Gasteiger partial charge in [0.2, 0.25) is 5.91 Å². The van der Waals surface area contributed by atoms with Crippen LogP contribution in [0, 0.1) is 0 Å². The summed E-state index contributed by atoms with van der Waals surface area (Å²) in [5, 5.41) is 8.51. The monoisotopic (exact) mass is 365 g/mol. The Morgan fingerprint density at radius 1 is 0.963 bits per heavy atom. The van der Waals surface area contributed by atoms with Gasteiger partial charge >= 0.3 is 0 Å². The van der Waals surface area contributed by atoms with Gasteiger partial charge in [-0.1, -0.05) is 30.3 Å². The molecule has 1 fully saturated rings. The number of carbonyl (C=O) groups excluding carboxylic acids is 3. The summed E-state index contributed by atoms with van der Waals surface area (Å²) >= 11 is 0. The van der Waals surface area contributed by atoms with E-state index in [1.807, 2.05) is 6.07 Å². The highest BCUT2D eigenvalue weighted by atomic mass is 16.2. The van der Waals surface area contributed by atoms with Crippen molar-refractivity contribution >= 4 is 23.4 Å². The fourth-order valence-electron chi connectivity index (χ4n) is 2.71. The van der Waals surface area contributed by atoms with Gasteiger partial charge in [0.15, 0.2) is 0 Å². The molecule has 3 N–H and O–H groups in total. The van der Waals surface area contributed by atoms with Crippen molar-refractivity contribution in [2.75, 3.05) is 5.32 Å². The van der Waals surface area contributed by atoms with E-state index in [0.29, 0.717) is 16.8 Å². The number of anilines is 1. The third-order valence-corrected chi connectivity index (χ3v) is 4.26. The molecule has 1 saturated carbocycles. The lowest BCUT2D eigenvalue weighted by molar-refractivity contribution is -0.116. The summed E-state index contributed by atoms with van der Waals surface area (Å²) < 4.78 is 0. The van der Waals surface area contributed by atoms with Crippen LogP contribution in [0.3, 0.4) is 0 Å². The Morgan fingerprint density at radius 3 is 2.33 bits per heavy atom. The first kappa shape index (κ1) is 18.6. The van der Waals surface area contributed by atoms with Crippen LogP contribution >= 0.6 is 0 Å². The van der Waals surface area contributed by atoms with Crippen LogP contribution in [-0.2, 0) is 4.79 Å². The quantitative estimate of drug-likeness (QED) is 0.705. The molecular formula is C21H23N3O3. The maximum absolute atomic E-state index is 12.4. The van der Waals surface area contributed by atoms with E-state index in [9.17, 15) is 14.4 Å². The molecule has 0 radical (unpaired) electrons. The van der Waals surface area contributed by atoms with Gasteiger partial charge in [0.05, 0.1) is 11.3 Å². The van der Waals surface area contributed by atoms with E-state index < -0.39 is 0 Å². The van der Waals surface area contributed by atoms with Gasteiger partial charge in [-0.15, -0.1) is 0 Å². The molecule has 2 aromatic carbocycles. The number of amides is 3. The molecule has 1 atom stereocenters. The zero-order valence-electron chi connectivity index (χ0n) is 15.2. The third-order valence-electron chi connectivity index (χ3n) is 4.26. The standard InChI is InChI=1S/C21H23N3O3/c1-14(22-20(26)15-7-3-2-4-8-15)13-19(25)24-18-10-6-5-9-17(18)21(27)23-16-11-12-16/h2-10,14,16H,11-13H2,1H3,(H,22,26)(H,23,27)(H,24,25). The number of hydrogen-bond acceptors (Lipinski definition) is 3. The summed E-state index contributed by atoms with van der Waals surface area (Å²) in [5.74, 6) is -0.665. The van der Waals surface area contributed by atoms with Crippen LogP contribution in [0.15, 0.2) is 54.6 Å². The number of hydrogen-bond donors (Lipinski definition) is 3. The first-order valence-electron chi connectivity index (χ1n) is 9.08. The first-order chi connectivity index (χ1) is 13.0. The van der Waals surface area contributed by atoms with Crippen LogP contribution in [0.5, 0.6) is 0 Å². The highest BCUT2D eigenvalue weighted by Gasteiger charge is 2.25. The zero-order chi connectivity index (χ0) is 19.2. The van der Waals surface area contributed by atoms with Crippen LogP contribution in [0.4, 0.5) is 5.69 Å². The minimum atomic E-state index is -0.342. The topological polar surface area (TPSA) is 87.3 Å². The molecular weight excluding hydrogens is 342 g/mol. The van der Waals surface area contributed by atoms with Gasteiger partial charge in [0, 0.05) is 24.1 Å². The van der Waals surface area contributed by atoms with Crippen molar-refractivity contribution in [3.05, 3.63) is 65.7 Å². The van der Waals surface area contributed by atoms with E-state index in [2.05, 4.69) is 16.0 Å². The average molecular weight is 365 g/mol. The summed E-state index contributed by atoms with van der Waals surface area (Å²) in [5.41, 5.74) is 1.47. The second kappa shape index (κ2) is 8.49. The molecule has 0 heterocycles. The van der Waals surface area contributed by atoms with Crippen molar-refractivity contribution < 1.29 is 14.4 Å². The van der Waals surface area contributed by atoms with Crippen LogP contribution in [0.1, 0.15) is 46.9 Å². The van der Waals surface area contributed by atoms with Crippen molar-refractivity contribution in [2.24, 2.45) is 0 Å². The van der Waals surface area contributed by atoms with Gasteiger partial charge in [-0.3, -0.25) is 14.4 Å². The van der Waals surface area contributed by atoms with Crippen LogP contribution in [-0.4, -0.2) is 29.8 Å². The molecule has 6 heteroatoms. The van der Waals surface area contributed by atoms with Gasteiger partial charge in [0.25, 0.3) is 11.8 Å². The number of para-hydroxylation sites is 1. The van der Waals surface area contributed by atoms with E-state index in [1.165, 1.54) is 0 Å². The summed E-state index contributed by atoms with van der Waals surface area (Å²) in [6, 6.07) is 15.7. The highest BCUT2D eigenvalue weighted by Crippen LogP contribution is 2.21. The van der Waals surface area contributed by atoms with E-state index in [1.54, 1.807) is 55.5 Å². The van der Waals surface area contributed by atoms with Crippen molar-refractivity contribution in [1.29, 1.82) is 0 Å².